The molecule has 0 aliphatic heterocycles. The molecule has 0 bridgehead atoms. The van der Waals surface area contributed by atoms with Gasteiger partial charge in [-0.1, -0.05) is 12.1 Å². The minimum Gasteiger partial charge on any atom is -0.314 e. The summed E-state index contributed by atoms with van der Waals surface area (Å²) in [6.45, 7) is 3.47. The largest absolute Gasteiger partial charge is 0.314 e. The molecule has 4 nitrogen and oxygen atoms in total. The lowest BCUT2D eigenvalue weighted by molar-refractivity contribution is 0.517. The molecule has 1 atom stereocenters. The Hall–Kier alpha value is -1.94. The van der Waals surface area contributed by atoms with Crippen molar-refractivity contribution < 1.29 is 0 Å². The third-order valence-electron chi connectivity index (χ3n) is 2.83. The van der Waals surface area contributed by atoms with Crippen molar-refractivity contribution in [1.29, 1.82) is 0 Å². The summed E-state index contributed by atoms with van der Waals surface area (Å²) < 4.78 is 1.69. The molecule has 0 saturated carbocycles. The molecule has 0 aromatic carbocycles. The number of hydrogen-bond acceptors (Lipinski definition) is 3. The van der Waals surface area contributed by atoms with Crippen LogP contribution in [0.15, 0.2) is 53.6 Å². The molecule has 1 unspecified atom stereocenters. The van der Waals surface area contributed by atoms with Gasteiger partial charge in [-0.25, -0.2) is 0 Å². The van der Waals surface area contributed by atoms with E-state index in [-0.39, 0.29) is 11.6 Å². The van der Waals surface area contributed by atoms with E-state index in [1.165, 1.54) is 0 Å². The zero-order valence-electron chi connectivity index (χ0n) is 10.4. The lowest BCUT2D eigenvalue weighted by atomic mass is 10.2. The first-order valence-electron chi connectivity index (χ1n) is 6.07. The van der Waals surface area contributed by atoms with Crippen molar-refractivity contribution in [3.63, 3.8) is 0 Å². The number of nitrogens with one attached hydrogen (secondary N) is 1. The number of rotatable bonds is 5. The highest BCUT2D eigenvalue weighted by molar-refractivity contribution is 5.07. The number of pyridine rings is 2. The van der Waals surface area contributed by atoms with Crippen LogP contribution in [0.1, 0.15) is 18.7 Å². The molecule has 18 heavy (non-hydrogen) atoms. The Bertz CT molecular complexity index is 536. The lowest BCUT2D eigenvalue weighted by Gasteiger charge is -2.13. The summed E-state index contributed by atoms with van der Waals surface area (Å²) in [4.78, 5) is 15.8. The fourth-order valence-electron chi connectivity index (χ4n) is 1.78. The summed E-state index contributed by atoms with van der Waals surface area (Å²) in [5.41, 5.74) is 1.04. The maximum absolute atomic E-state index is 11.5. The molecular weight excluding hydrogens is 226 g/mol. The van der Waals surface area contributed by atoms with Crippen LogP contribution in [0.5, 0.6) is 0 Å². The van der Waals surface area contributed by atoms with Gasteiger partial charge in [-0.05, 0) is 25.1 Å². The molecule has 0 aliphatic rings. The zero-order valence-corrected chi connectivity index (χ0v) is 10.4. The second kappa shape index (κ2) is 6.12. The Morgan fingerprint density at radius 2 is 2.11 bits per heavy atom. The summed E-state index contributed by atoms with van der Waals surface area (Å²) in [7, 11) is 0. The summed E-state index contributed by atoms with van der Waals surface area (Å²) in [6.07, 6.45) is 3.59. The summed E-state index contributed by atoms with van der Waals surface area (Å²) in [5, 5.41) is 3.35. The molecule has 2 aromatic heterocycles. The third kappa shape index (κ3) is 3.28. The second-order valence-electron chi connectivity index (χ2n) is 4.16. The van der Waals surface area contributed by atoms with Crippen LogP contribution in [0.4, 0.5) is 0 Å². The van der Waals surface area contributed by atoms with E-state index in [4.69, 9.17) is 0 Å². The Labute approximate surface area is 106 Å². The maximum atomic E-state index is 11.5. The first kappa shape index (κ1) is 12.5. The molecule has 0 amide bonds. The molecular formula is C14H17N3O. The Balaban J connectivity index is 1.86. The average molecular weight is 243 g/mol. The van der Waals surface area contributed by atoms with E-state index in [9.17, 15) is 4.79 Å². The normalized spacial score (nSPS) is 12.3. The van der Waals surface area contributed by atoms with E-state index in [0.29, 0.717) is 6.54 Å². The molecule has 4 heteroatoms. The van der Waals surface area contributed by atoms with Crippen molar-refractivity contribution in [2.24, 2.45) is 0 Å². The van der Waals surface area contributed by atoms with Gasteiger partial charge in [0.05, 0.1) is 5.69 Å². The minimum atomic E-state index is 0.0322. The molecule has 2 rings (SSSR count). The van der Waals surface area contributed by atoms with Crippen LogP contribution in [0.3, 0.4) is 0 Å². The summed E-state index contributed by atoms with van der Waals surface area (Å²) in [6, 6.07) is 11.2. The van der Waals surface area contributed by atoms with Gasteiger partial charge in [0.15, 0.2) is 0 Å². The van der Waals surface area contributed by atoms with Crippen LogP contribution in [0.25, 0.3) is 0 Å². The van der Waals surface area contributed by atoms with Crippen LogP contribution in [0, 0.1) is 0 Å². The smallest absolute Gasteiger partial charge is 0.250 e. The van der Waals surface area contributed by atoms with Gasteiger partial charge in [0.25, 0.3) is 5.56 Å². The molecule has 1 N–H and O–H groups in total. The molecule has 0 radical (unpaired) electrons. The van der Waals surface area contributed by atoms with Crippen LogP contribution in [-0.2, 0) is 6.54 Å². The van der Waals surface area contributed by atoms with E-state index in [1.54, 1.807) is 29.1 Å². The van der Waals surface area contributed by atoms with Gasteiger partial charge in [0, 0.05) is 37.6 Å². The van der Waals surface area contributed by atoms with Gasteiger partial charge in [-0.3, -0.25) is 9.78 Å². The number of hydrogen-bond donors (Lipinski definition) is 1. The lowest BCUT2D eigenvalue weighted by Crippen LogP contribution is -2.28. The SMILES string of the molecule is CC(NCCn1ccccc1=O)c1ccccn1. The van der Waals surface area contributed by atoms with Gasteiger partial charge in [-0.2, -0.15) is 0 Å². The fraction of sp³-hybridized carbons (Fsp3) is 0.286. The molecule has 2 heterocycles. The van der Waals surface area contributed by atoms with E-state index < -0.39 is 0 Å². The number of nitrogens with zero attached hydrogens (tertiary/aromatic N) is 2. The highest BCUT2D eigenvalue weighted by Gasteiger charge is 2.04. The Morgan fingerprint density at radius 1 is 1.28 bits per heavy atom. The first-order chi connectivity index (χ1) is 8.77. The van der Waals surface area contributed by atoms with Crippen molar-refractivity contribution >= 4 is 0 Å². The molecule has 94 valence electrons. The predicted octanol–water partition coefficient (Wildman–Crippen LogP) is 1.59. The maximum Gasteiger partial charge on any atom is 0.250 e. The predicted molar refractivity (Wildman–Crippen MR) is 71.4 cm³/mol. The number of aromatic nitrogens is 2. The Morgan fingerprint density at radius 3 is 2.83 bits per heavy atom. The highest BCUT2D eigenvalue weighted by atomic mass is 16.1. The van der Waals surface area contributed by atoms with Crippen molar-refractivity contribution in [2.75, 3.05) is 6.54 Å². The zero-order chi connectivity index (χ0) is 12.8. The van der Waals surface area contributed by atoms with Crippen molar-refractivity contribution in [1.82, 2.24) is 14.9 Å². The van der Waals surface area contributed by atoms with E-state index in [0.717, 1.165) is 12.2 Å². The van der Waals surface area contributed by atoms with E-state index in [1.807, 2.05) is 24.3 Å². The highest BCUT2D eigenvalue weighted by Crippen LogP contribution is 2.06. The molecule has 0 aliphatic carbocycles. The summed E-state index contributed by atoms with van der Waals surface area (Å²) >= 11 is 0. The van der Waals surface area contributed by atoms with Gasteiger partial charge in [0.2, 0.25) is 0 Å². The van der Waals surface area contributed by atoms with Crippen molar-refractivity contribution in [3.8, 4) is 0 Å². The fourth-order valence-corrected chi connectivity index (χ4v) is 1.78. The second-order valence-corrected chi connectivity index (χ2v) is 4.16. The van der Waals surface area contributed by atoms with Crippen molar-refractivity contribution in [2.45, 2.75) is 19.5 Å². The van der Waals surface area contributed by atoms with Gasteiger partial charge in [0.1, 0.15) is 0 Å². The van der Waals surface area contributed by atoms with Crippen molar-refractivity contribution in [3.05, 3.63) is 64.8 Å². The standard InChI is InChI=1S/C14H17N3O/c1-12(13-6-2-4-8-16-13)15-9-11-17-10-5-3-7-14(17)18/h2-8,10,12,15H,9,11H2,1H3. The third-order valence-corrected chi connectivity index (χ3v) is 2.83. The Kier molecular flexibility index (Phi) is 4.25. The molecule has 2 aromatic rings. The van der Waals surface area contributed by atoms with Gasteiger partial charge < -0.3 is 9.88 Å². The van der Waals surface area contributed by atoms with Crippen LogP contribution >= 0.6 is 0 Å². The molecule has 0 spiro atoms. The van der Waals surface area contributed by atoms with Gasteiger partial charge >= 0.3 is 0 Å². The first-order valence-corrected chi connectivity index (χ1v) is 6.07. The van der Waals surface area contributed by atoms with Crippen LogP contribution in [0.2, 0.25) is 0 Å². The van der Waals surface area contributed by atoms with E-state index >= 15 is 0 Å². The van der Waals surface area contributed by atoms with Crippen LogP contribution in [-0.4, -0.2) is 16.1 Å². The molecule has 0 saturated heterocycles. The summed E-state index contributed by atoms with van der Waals surface area (Å²) in [5.74, 6) is 0. The topological polar surface area (TPSA) is 46.9 Å². The monoisotopic (exact) mass is 243 g/mol. The minimum absolute atomic E-state index is 0.0322. The quantitative estimate of drug-likeness (QED) is 0.867. The average Bonchev–Trinajstić information content (AvgIpc) is 2.42. The van der Waals surface area contributed by atoms with Crippen LogP contribution < -0.4 is 10.9 Å². The molecule has 0 fully saturated rings. The van der Waals surface area contributed by atoms with E-state index in [2.05, 4.69) is 17.2 Å². The van der Waals surface area contributed by atoms with Gasteiger partial charge in [-0.15, -0.1) is 0 Å².